The summed E-state index contributed by atoms with van der Waals surface area (Å²) in [6.07, 6.45) is 4.26. The summed E-state index contributed by atoms with van der Waals surface area (Å²) >= 11 is 4.23. The molecule has 0 unspecified atom stereocenters. The first kappa shape index (κ1) is 15.4. The summed E-state index contributed by atoms with van der Waals surface area (Å²) in [5.41, 5.74) is 4.44. The van der Waals surface area contributed by atoms with Gasteiger partial charge in [-0.15, -0.1) is 0 Å². The largest absolute Gasteiger partial charge is 0.175 e. The van der Waals surface area contributed by atoms with E-state index in [9.17, 15) is 0 Å². The van der Waals surface area contributed by atoms with Gasteiger partial charge in [0.1, 0.15) is 0 Å². The maximum Gasteiger partial charge on any atom is 0.00858 e. The molecule has 1 aromatic carbocycles. The van der Waals surface area contributed by atoms with Gasteiger partial charge in [-0.05, 0) is 27.5 Å². The molecule has 0 aromatic heterocycles. The second-order valence-corrected chi connectivity index (χ2v) is 7.29. The lowest BCUT2D eigenvalue weighted by molar-refractivity contribution is 0.568. The Bertz CT molecular complexity index is 396. The summed E-state index contributed by atoms with van der Waals surface area (Å²) in [6, 6.07) is 6.92. The fourth-order valence-corrected chi connectivity index (χ4v) is 1.91. The van der Waals surface area contributed by atoms with Crippen LogP contribution in [0, 0.1) is 0 Å². The van der Waals surface area contributed by atoms with Gasteiger partial charge >= 0.3 is 0 Å². The molecule has 0 heterocycles. The number of benzene rings is 1. The van der Waals surface area contributed by atoms with Crippen LogP contribution in [0.1, 0.15) is 58.2 Å². The third kappa shape index (κ3) is 4.20. The summed E-state index contributed by atoms with van der Waals surface area (Å²) in [7, 11) is 0. The molecule has 0 nitrogen and oxygen atoms in total. The average Bonchev–Trinajstić information content (AvgIpc) is 2.23. The Hall–Kier alpha value is -0.690. The van der Waals surface area contributed by atoms with Gasteiger partial charge in [0.15, 0.2) is 0 Å². The molecule has 1 rings (SSSR count). The minimum Gasteiger partial charge on any atom is -0.175 e. The Labute approximate surface area is 118 Å². The Balaban J connectivity index is 3.34. The smallest absolute Gasteiger partial charge is 0.00858 e. The zero-order chi connectivity index (χ0) is 14.0. The van der Waals surface area contributed by atoms with E-state index in [4.69, 9.17) is 0 Å². The molecule has 0 fully saturated rings. The molecule has 0 saturated carbocycles. The highest BCUT2D eigenvalue weighted by atomic mass is 32.1. The Morgan fingerprint density at radius 3 is 1.67 bits per heavy atom. The molecule has 0 N–H and O–H groups in total. The van der Waals surface area contributed by atoms with Gasteiger partial charge in [0.25, 0.3) is 0 Å². The van der Waals surface area contributed by atoms with Gasteiger partial charge in [-0.2, -0.15) is 12.6 Å². The highest BCUT2D eigenvalue weighted by Gasteiger charge is 2.19. The Kier molecular flexibility index (Phi) is 4.72. The van der Waals surface area contributed by atoms with Crippen LogP contribution in [0.15, 0.2) is 24.3 Å². The predicted molar refractivity (Wildman–Crippen MR) is 86.7 cm³/mol. The van der Waals surface area contributed by atoms with Crippen LogP contribution in [0.4, 0.5) is 0 Å². The van der Waals surface area contributed by atoms with E-state index in [2.05, 4.69) is 84.5 Å². The van der Waals surface area contributed by atoms with Crippen molar-refractivity contribution in [3.63, 3.8) is 0 Å². The second-order valence-electron chi connectivity index (χ2n) is 6.93. The van der Waals surface area contributed by atoms with Crippen LogP contribution in [0.25, 0.3) is 6.08 Å². The van der Waals surface area contributed by atoms with E-state index in [1.165, 1.54) is 16.7 Å². The van der Waals surface area contributed by atoms with Crippen molar-refractivity contribution in [2.24, 2.45) is 0 Å². The van der Waals surface area contributed by atoms with Crippen LogP contribution in [0.3, 0.4) is 0 Å². The molecule has 0 aliphatic heterocycles. The van der Waals surface area contributed by atoms with Crippen LogP contribution in [0.2, 0.25) is 0 Å². The standard InChI is InChI=1S/C17H26S/c1-16(2,3)14-10-13(8-7-9-18)11-15(12-14)17(4,5)6/h7-8,10-12,18H,9H2,1-6H3. The molecule has 0 saturated heterocycles. The normalized spacial score (nSPS) is 13.3. The zero-order valence-electron chi connectivity index (χ0n) is 12.5. The molecule has 0 radical (unpaired) electrons. The van der Waals surface area contributed by atoms with Crippen molar-refractivity contribution in [1.82, 2.24) is 0 Å². The first-order valence-corrected chi connectivity index (χ1v) is 7.21. The maximum absolute atomic E-state index is 4.23. The van der Waals surface area contributed by atoms with Crippen LogP contribution < -0.4 is 0 Å². The summed E-state index contributed by atoms with van der Waals surface area (Å²) in [4.78, 5) is 0. The van der Waals surface area contributed by atoms with Gasteiger partial charge in [0, 0.05) is 5.75 Å². The van der Waals surface area contributed by atoms with Crippen LogP contribution in [0.5, 0.6) is 0 Å². The minimum absolute atomic E-state index is 0.185. The lowest BCUT2D eigenvalue weighted by Gasteiger charge is -2.25. The molecule has 0 aliphatic rings. The maximum atomic E-state index is 4.23. The molecule has 100 valence electrons. The fraction of sp³-hybridized carbons (Fsp3) is 0.529. The fourth-order valence-electron chi connectivity index (χ4n) is 1.80. The van der Waals surface area contributed by atoms with Crippen LogP contribution in [-0.2, 0) is 10.8 Å². The monoisotopic (exact) mass is 262 g/mol. The molecule has 0 aliphatic carbocycles. The number of hydrogen-bond donors (Lipinski definition) is 1. The summed E-state index contributed by atoms with van der Waals surface area (Å²) in [5.74, 6) is 0.782. The van der Waals surface area contributed by atoms with Gasteiger partial charge in [-0.1, -0.05) is 71.9 Å². The molecule has 1 aromatic rings. The Morgan fingerprint density at radius 2 is 1.33 bits per heavy atom. The Morgan fingerprint density at radius 1 is 0.889 bits per heavy atom. The quantitative estimate of drug-likeness (QED) is 0.694. The molecule has 0 spiro atoms. The van der Waals surface area contributed by atoms with Gasteiger partial charge in [0.05, 0.1) is 0 Å². The summed E-state index contributed by atoms with van der Waals surface area (Å²) in [6.45, 7) is 13.6. The zero-order valence-corrected chi connectivity index (χ0v) is 13.4. The number of thiol groups is 1. The van der Waals surface area contributed by atoms with Crippen molar-refractivity contribution in [3.05, 3.63) is 41.0 Å². The van der Waals surface area contributed by atoms with Crippen molar-refractivity contribution in [3.8, 4) is 0 Å². The van der Waals surface area contributed by atoms with Crippen molar-refractivity contribution in [2.75, 3.05) is 5.75 Å². The minimum atomic E-state index is 0.185. The van der Waals surface area contributed by atoms with Crippen molar-refractivity contribution >= 4 is 18.7 Å². The molecule has 0 atom stereocenters. The topological polar surface area (TPSA) is 0 Å². The SMILES string of the molecule is CC(C)(C)c1cc(C=CCS)cc(C(C)(C)C)c1. The number of hydrogen-bond acceptors (Lipinski definition) is 1. The third-order valence-electron chi connectivity index (χ3n) is 3.10. The molecule has 0 bridgehead atoms. The van der Waals surface area contributed by atoms with E-state index in [0.29, 0.717) is 0 Å². The van der Waals surface area contributed by atoms with Crippen LogP contribution >= 0.6 is 12.6 Å². The second kappa shape index (κ2) is 5.52. The van der Waals surface area contributed by atoms with Crippen molar-refractivity contribution < 1.29 is 0 Å². The lowest BCUT2D eigenvalue weighted by atomic mass is 9.79. The van der Waals surface area contributed by atoms with Crippen LogP contribution in [-0.4, -0.2) is 5.75 Å². The average molecular weight is 262 g/mol. The molecular weight excluding hydrogens is 236 g/mol. The van der Waals surface area contributed by atoms with Gasteiger partial charge in [-0.3, -0.25) is 0 Å². The van der Waals surface area contributed by atoms with Gasteiger partial charge in [-0.25, -0.2) is 0 Å². The van der Waals surface area contributed by atoms with Crippen molar-refractivity contribution in [1.29, 1.82) is 0 Å². The van der Waals surface area contributed by atoms with E-state index in [1.54, 1.807) is 0 Å². The third-order valence-corrected chi connectivity index (χ3v) is 3.31. The van der Waals surface area contributed by atoms with E-state index in [0.717, 1.165) is 5.75 Å². The molecule has 0 amide bonds. The van der Waals surface area contributed by atoms with Gasteiger partial charge in [0.2, 0.25) is 0 Å². The van der Waals surface area contributed by atoms with E-state index >= 15 is 0 Å². The summed E-state index contributed by atoms with van der Waals surface area (Å²) < 4.78 is 0. The first-order chi connectivity index (χ1) is 8.14. The van der Waals surface area contributed by atoms with E-state index in [1.807, 2.05) is 0 Å². The molecule has 1 heteroatoms. The predicted octanol–water partition coefficient (Wildman–Crippen LogP) is 5.22. The van der Waals surface area contributed by atoms with E-state index in [-0.39, 0.29) is 10.8 Å². The molecular formula is C17H26S. The van der Waals surface area contributed by atoms with Crippen molar-refractivity contribution in [2.45, 2.75) is 52.4 Å². The lowest BCUT2D eigenvalue weighted by Crippen LogP contribution is -2.16. The number of rotatable bonds is 2. The molecule has 18 heavy (non-hydrogen) atoms. The van der Waals surface area contributed by atoms with E-state index < -0.39 is 0 Å². The summed E-state index contributed by atoms with van der Waals surface area (Å²) in [5, 5.41) is 0. The first-order valence-electron chi connectivity index (χ1n) is 6.58. The van der Waals surface area contributed by atoms with Gasteiger partial charge < -0.3 is 0 Å². The highest BCUT2D eigenvalue weighted by Crippen LogP contribution is 2.30. The highest BCUT2D eigenvalue weighted by molar-refractivity contribution is 7.80.